The van der Waals surface area contributed by atoms with Crippen LogP contribution in [0.4, 0.5) is 10.8 Å². The molecule has 0 amide bonds. The third-order valence-electron chi connectivity index (χ3n) is 3.62. The number of aryl methyl sites for hydroxylation is 1. The third-order valence-corrected chi connectivity index (χ3v) is 5.16. The number of hydrogen-bond acceptors (Lipinski definition) is 5. The molecule has 0 aliphatic rings. The van der Waals surface area contributed by atoms with Crippen molar-refractivity contribution < 1.29 is 0 Å². The van der Waals surface area contributed by atoms with Crippen molar-refractivity contribution in [1.29, 1.82) is 0 Å². The first kappa shape index (κ1) is 15.1. The van der Waals surface area contributed by atoms with Gasteiger partial charge in [0.15, 0.2) is 5.13 Å². The fraction of sp³-hybridized carbons (Fsp3) is 0.0526. The summed E-state index contributed by atoms with van der Waals surface area (Å²) in [7, 11) is 0. The molecule has 4 rings (SSSR count). The molecule has 24 heavy (non-hydrogen) atoms. The highest BCUT2D eigenvalue weighted by Gasteiger charge is 2.06. The van der Waals surface area contributed by atoms with Crippen molar-refractivity contribution in [3.8, 4) is 22.5 Å². The first-order valence-corrected chi connectivity index (χ1v) is 9.34. The Hall–Kier alpha value is -2.50. The van der Waals surface area contributed by atoms with Crippen LogP contribution in [0.1, 0.15) is 5.01 Å². The summed E-state index contributed by atoms with van der Waals surface area (Å²) in [4.78, 5) is 9.18. The number of nitrogens with one attached hydrogen (secondary N) is 1. The zero-order chi connectivity index (χ0) is 16.4. The second-order valence-corrected chi connectivity index (χ2v) is 7.28. The van der Waals surface area contributed by atoms with Gasteiger partial charge in [0, 0.05) is 27.6 Å². The molecule has 0 aliphatic carbocycles. The molecule has 0 atom stereocenters. The lowest BCUT2D eigenvalue weighted by atomic mass is 10.1. The number of hydrogen-bond donors (Lipinski definition) is 1. The van der Waals surface area contributed by atoms with Crippen molar-refractivity contribution >= 4 is 33.5 Å². The Labute approximate surface area is 148 Å². The molecule has 0 aliphatic heterocycles. The summed E-state index contributed by atoms with van der Waals surface area (Å²) >= 11 is 3.28. The number of rotatable bonds is 4. The molecule has 4 aromatic rings. The Bertz CT molecular complexity index is 940. The maximum Gasteiger partial charge on any atom is 0.187 e. The Morgan fingerprint density at radius 1 is 0.750 bits per heavy atom. The molecule has 118 valence electrons. The lowest BCUT2D eigenvalue weighted by Gasteiger charge is -2.03. The molecular weight excluding hydrogens is 334 g/mol. The van der Waals surface area contributed by atoms with Crippen LogP contribution in [0.2, 0.25) is 0 Å². The standard InChI is InChI=1S/C19H15N3S2/c1-13-20-17(11-23-13)15-7-9-16(10-8-15)21-19-22-18(12-24-19)14-5-3-2-4-6-14/h2-12H,1H3,(H,21,22). The van der Waals surface area contributed by atoms with Crippen LogP contribution in [-0.4, -0.2) is 9.97 Å². The summed E-state index contributed by atoms with van der Waals surface area (Å²) in [6, 6.07) is 18.5. The average molecular weight is 349 g/mol. The lowest BCUT2D eigenvalue weighted by Crippen LogP contribution is -1.89. The third kappa shape index (κ3) is 3.22. The van der Waals surface area contributed by atoms with Gasteiger partial charge in [-0.05, 0) is 19.1 Å². The fourth-order valence-electron chi connectivity index (χ4n) is 2.42. The molecule has 0 fully saturated rings. The van der Waals surface area contributed by atoms with E-state index >= 15 is 0 Å². The smallest absolute Gasteiger partial charge is 0.187 e. The number of nitrogens with zero attached hydrogens (tertiary/aromatic N) is 2. The second-order valence-electron chi connectivity index (χ2n) is 5.36. The zero-order valence-electron chi connectivity index (χ0n) is 13.1. The highest BCUT2D eigenvalue weighted by atomic mass is 32.1. The largest absolute Gasteiger partial charge is 0.332 e. The Morgan fingerprint density at radius 3 is 2.12 bits per heavy atom. The van der Waals surface area contributed by atoms with E-state index in [-0.39, 0.29) is 0 Å². The van der Waals surface area contributed by atoms with Crippen molar-refractivity contribution in [2.45, 2.75) is 6.92 Å². The average Bonchev–Trinajstić information content (AvgIpc) is 3.26. The van der Waals surface area contributed by atoms with E-state index in [0.29, 0.717) is 0 Å². The van der Waals surface area contributed by atoms with Gasteiger partial charge in [-0.1, -0.05) is 42.5 Å². The van der Waals surface area contributed by atoms with Crippen LogP contribution < -0.4 is 5.32 Å². The van der Waals surface area contributed by atoms with E-state index in [1.807, 2.05) is 25.1 Å². The Balaban J connectivity index is 1.51. The van der Waals surface area contributed by atoms with Gasteiger partial charge in [-0.25, -0.2) is 9.97 Å². The van der Waals surface area contributed by atoms with E-state index < -0.39 is 0 Å². The summed E-state index contributed by atoms with van der Waals surface area (Å²) in [6.07, 6.45) is 0. The van der Waals surface area contributed by atoms with Crippen molar-refractivity contribution in [3.63, 3.8) is 0 Å². The minimum absolute atomic E-state index is 0.895. The van der Waals surface area contributed by atoms with Crippen molar-refractivity contribution in [3.05, 3.63) is 70.4 Å². The molecule has 0 unspecified atom stereocenters. The maximum absolute atomic E-state index is 4.66. The van der Waals surface area contributed by atoms with E-state index in [9.17, 15) is 0 Å². The molecule has 0 radical (unpaired) electrons. The summed E-state index contributed by atoms with van der Waals surface area (Å²) < 4.78 is 0. The van der Waals surface area contributed by atoms with Gasteiger partial charge in [0.1, 0.15) is 0 Å². The van der Waals surface area contributed by atoms with Gasteiger partial charge in [-0.2, -0.15) is 0 Å². The fourth-order valence-corrected chi connectivity index (χ4v) is 3.78. The van der Waals surface area contributed by atoms with Gasteiger partial charge in [0.2, 0.25) is 0 Å². The molecule has 0 saturated carbocycles. The molecule has 0 saturated heterocycles. The van der Waals surface area contributed by atoms with Gasteiger partial charge >= 0.3 is 0 Å². The van der Waals surface area contributed by atoms with E-state index in [0.717, 1.165) is 38.3 Å². The van der Waals surface area contributed by atoms with Crippen LogP contribution in [0.25, 0.3) is 22.5 Å². The van der Waals surface area contributed by atoms with Crippen LogP contribution in [0.3, 0.4) is 0 Å². The van der Waals surface area contributed by atoms with Crippen LogP contribution in [0, 0.1) is 6.92 Å². The first-order chi connectivity index (χ1) is 11.8. The summed E-state index contributed by atoms with van der Waals surface area (Å²) in [6.45, 7) is 2.02. The predicted molar refractivity (Wildman–Crippen MR) is 103 cm³/mol. The van der Waals surface area contributed by atoms with Gasteiger partial charge in [-0.3, -0.25) is 0 Å². The molecule has 5 heteroatoms. The molecule has 0 spiro atoms. The zero-order valence-corrected chi connectivity index (χ0v) is 14.7. The molecule has 2 heterocycles. The Kier molecular flexibility index (Phi) is 4.11. The van der Waals surface area contributed by atoms with Crippen molar-refractivity contribution in [2.75, 3.05) is 5.32 Å². The predicted octanol–water partition coefficient (Wildman–Crippen LogP) is 5.99. The highest BCUT2D eigenvalue weighted by Crippen LogP contribution is 2.28. The highest BCUT2D eigenvalue weighted by molar-refractivity contribution is 7.14. The SMILES string of the molecule is Cc1nc(-c2ccc(Nc3nc(-c4ccccc4)cs3)cc2)cs1. The van der Waals surface area contributed by atoms with E-state index in [1.54, 1.807) is 22.7 Å². The maximum atomic E-state index is 4.66. The normalized spacial score (nSPS) is 10.7. The number of benzene rings is 2. The van der Waals surface area contributed by atoms with Crippen LogP contribution in [-0.2, 0) is 0 Å². The first-order valence-electron chi connectivity index (χ1n) is 7.58. The van der Waals surface area contributed by atoms with Gasteiger partial charge in [-0.15, -0.1) is 22.7 Å². The second kappa shape index (κ2) is 6.55. The van der Waals surface area contributed by atoms with Gasteiger partial charge < -0.3 is 5.32 Å². The van der Waals surface area contributed by atoms with Gasteiger partial charge in [0.05, 0.1) is 16.4 Å². The van der Waals surface area contributed by atoms with Crippen molar-refractivity contribution in [1.82, 2.24) is 9.97 Å². The lowest BCUT2D eigenvalue weighted by molar-refractivity contribution is 1.30. The Morgan fingerprint density at radius 2 is 1.42 bits per heavy atom. The number of thiazole rings is 2. The summed E-state index contributed by atoms with van der Waals surface area (Å²) in [5.41, 5.74) is 5.33. The molecule has 2 aromatic heterocycles. The van der Waals surface area contributed by atoms with Crippen molar-refractivity contribution in [2.24, 2.45) is 0 Å². The summed E-state index contributed by atoms with van der Waals surface area (Å²) in [5, 5.41) is 9.51. The summed E-state index contributed by atoms with van der Waals surface area (Å²) in [5.74, 6) is 0. The molecule has 3 nitrogen and oxygen atoms in total. The number of aromatic nitrogens is 2. The van der Waals surface area contributed by atoms with E-state index in [1.165, 1.54) is 0 Å². The minimum Gasteiger partial charge on any atom is -0.332 e. The molecule has 0 bridgehead atoms. The van der Waals surface area contributed by atoms with Crippen LogP contribution >= 0.6 is 22.7 Å². The quantitative estimate of drug-likeness (QED) is 0.492. The van der Waals surface area contributed by atoms with E-state index in [4.69, 9.17) is 0 Å². The topological polar surface area (TPSA) is 37.8 Å². The monoisotopic (exact) mass is 349 g/mol. The van der Waals surface area contributed by atoms with E-state index in [2.05, 4.69) is 62.4 Å². The minimum atomic E-state index is 0.895. The number of anilines is 2. The molecule has 1 N–H and O–H groups in total. The molecular formula is C19H15N3S2. The van der Waals surface area contributed by atoms with Crippen LogP contribution in [0.15, 0.2) is 65.4 Å². The van der Waals surface area contributed by atoms with Crippen LogP contribution in [0.5, 0.6) is 0 Å². The molecule has 2 aromatic carbocycles. The van der Waals surface area contributed by atoms with Gasteiger partial charge in [0.25, 0.3) is 0 Å².